The van der Waals surface area contributed by atoms with E-state index in [9.17, 15) is 8.42 Å². The van der Waals surface area contributed by atoms with E-state index in [4.69, 9.17) is 5.73 Å². The van der Waals surface area contributed by atoms with Gasteiger partial charge in [0.2, 0.25) is 0 Å². The van der Waals surface area contributed by atoms with E-state index in [-0.39, 0.29) is 36.5 Å². The van der Waals surface area contributed by atoms with Crippen LogP contribution in [0.15, 0.2) is 17.1 Å². The number of sulfone groups is 1. The molecule has 0 aromatic heterocycles. The molecule has 0 saturated heterocycles. The van der Waals surface area contributed by atoms with E-state index in [0.29, 0.717) is 6.54 Å². The average molecular weight is 375 g/mol. The first-order valence-corrected chi connectivity index (χ1v) is 6.83. The molecule has 3 N–H and O–H groups in total. The molecular weight excluding hydrogens is 353 g/mol. The molecule has 0 fully saturated rings. The Bertz CT molecular complexity index is 388. The Kier molecular flexibility index (Phi) is 8.06. The maximum absolute atomic E-state index is 11.4. The molecule has 0 atom stereocenters. The van der Waals surface area contributed by atoms with Gasteiger partial charge in [-0.15, -0.1) is 24.0 Å². The molecule has 0 rings (SSSR count). The van der Waals surface area contributed by atoms with Gasteiger partial charge in [-0.1, -0.05) is 12.2 Å². The molecule has 0 radical (unpaired) electrons. The van der Waals surface area contributed by atoms with Crippen molar-refractivity contribution in [2.24, 2.45) is 10.7 Å². The van der Waals surface area contributed by atoms with Crippen molar-refractivity contribution in [3.8, 4) is 0 Å². The van der Waals surface area contributed by atoms with Crippen molar-refractivity contribution >= 4 is 39.8 Å². The third kappa shape index (κ3) is 7.58. The SMILES string of the molecule is C=C(C)CNC(N)=NCC(C)(C)S(C)(=O)=O.I. The second-order valence-electron chi connectivity index (χ2n) is 4.54. The smallest absolute Gasteiger partial charge is 0.188 e. The molecule has 0 amide bonds. The lowest BCUT2D eigenvalue weighted by atomic mass is 10.2. The first-order chi connectivity index (χ1) is 7.06. The van der Waals surface area contributed by atoms with Crippen LogP contribution in [-0.4, -0.2) is 38.5 Å². The van der Waals surface area contributed by atoms with Crippen molar-refractivity contribution in [1.82, 2.24) is 5.32 Å². The Labute approximate surface area is 121 Å². The molecule has 0 aliphatic rings. The van der Waals surface area contributed by atoms with Crippen LogP contribution < -0.4 is 11.1 Å². The number of guanidine groups is 1. The molecule has 0 heterocycles. The van der Waals surface area contributed by atoms with E-state index in [1.165, 1.54) is 6.26 Å². The number of rotatable bonds is 5. The molecule has 0 aliphatic carbocycles. The van der Waals surface area contributed by atoms with Gasteiger partial charge in [0.25, 0.3) is 0 Å². The second kappa shape index (κ2) is 7.20. The van der Waals surface area contributed by atoms with Crippen LogP contribution in [0.1, 0.15) is 20.8 Å². The van der Waals surface area contributed by atoms with Gasteiger partial charge in [0.15, 0.2) is 15.8 Å². The number of aliphatic imine (C=N–C) groups is 1. The normalized spacial score (nSPS) is 12.8. The van der Waals surface area contributed by atoms with Gasteiger partial charge in [-0.2, -0.15) is 0 Å². The maximum atomic E-state index is 11.4. The van der Waals surface area contributed by atoms with E-state index >= 15 is 0 Å². The second-order valence-corrected chi connectivity index (χ2v) is 7.19. The Morgan fingerprint density at radius 3 is 2.29 bits per heavy atom. The standard InChI is InChI=1S/C10H21N3O2S.HI/c1-8(2)6-12-9(11)13-7-10(3,4)16(5,14)15;/h1,6-7H2,2-5H3,(H3,11,12,13);1H. The summed E-state index contributed by atoms with van der Waals surface area (Å²) >= 11 is 0. The molecule has 0 spiro atoms. The summed E-state index contributed by atoms with van der Waals surface area (Å²) in [5.74, 6) is 0.236. The molecule has 0 aromatic rings. The van der Waals surface area contributed by atoms with Gasteiger partial charge in [0.1, 0.15) is 0 Å². The highest BCUT2D eigenvalue weighted by Crippen LogP contribution is 2.14. The lowest BCUT2D eigenvalue weighted by Gasteiger charge is -2.20. The van der Waals surface area contributed by atoms with Gasteiger partial charge in [-0.3, -0.25) is 4.99 Å². The van der Waals surface area contributed by atoms with Gasteiger partial charge >= 0.3 is 0 Å². The van der Waals surface area contributed by atoms with Crippen LogP contribution in [0.4, 0.5) is 0 Å². The highest BCUT2D eigenvalue weighted by Gasteiger charge is 2.29. The summed E-state index contributed by atoms with van der Waals surface area (Å²) in [6.07, 6.45) is 1.19. The molecule has 0 unspecified atom stereocenters. The van der Waals surface area contributed by atoms with Crippen molar-refractivity contribution in [2.75, 3.05) is 19.3 Å². The Balaban J connectivity index is 0. The van der Waals surface area contributed by atoms with E-state index in [2.05, 4.69) is 16.9 Å². The molecule has 102 valence electrons. The third-order valence-corrected chi connectivity index (χ3v) is 4.34. The molecule has 0 bridgehead atoms. The van der Waals surface area contributed by atoms with Crippen molar-refractivity contribution in [3.63, 3.8) is 0 Å². The summed E-state index contributed by atoms with van der Waals surface area (Å²) in [5, 5.41) is 2.84. The van der Waals surface area contributed by atoms with Crippen LogP contribution >= 0.6 is 24.0 Å². The number of hydrogen-bond acceptors (Lipinski definition) is 3. The largest absolute Gasteiger partial charge is 0.370 e. The Hall–Kier alpha value is -0.310. The summed E-state index contributed by atoms with van der Waals surface area (Å²) in [4.78, 5) is 4.00. The number of nitrogens with zero attached hydrogens (tertiary/aromatic N) is 1. The monoisotopic (exact) mass is 375 g/mol. The predicted octanol–water partition coefficient (Wildman–Crippen LogP) is 0.908. The predicted molar refractivity (Wildman–Crippen MR) is 83.6 cm³/mol. The van der Waals surface area contributed by atoms with Crippen LogP contribution in [0.25, 0.3) is 0 Å². The first-order valence-electron chi connectivity index (χ1n) is 4.94. The molecule has 5 nitrogen and oxygen atoms in total. The molecule has 0 aliphatic heterocycles. The average Bonchev–Trinajstić information content (AvgIpc) is 2.09. The van der Waals surface area contributed by atoms with Crippen LogP contribution in [0, 0.1) is 0 Å². The zero-order valence-electron chi connectivity index (χ0n) is 10.8. The number of nitrogens with one attached hydrogen (secondary N) is 1. The van der Waals surface area contributed by atoms with Crippen LogP contribution in [0.3, 0.4) is 0 Å². The fraction of sp³-hybridized carbons (Fsp3) is 0.700. The summed E-state index contributed by atoms with van der Waals surface area (Å²) in [6, 6.07) is 0. The first kappa shape index (κ1) is 19.0. The van der Waals surface area contributed by atoms with Gasteiger partial charge in [0.05, 0.1) is 11.3 Å². The van der Waals surface area contributed by atoms with Gasteiger partial charge in [-0.05, 0) is 20.8 Å². The van der Waals surface area contributed by atoms with Gasteiger partial charge in [-0.25, -0.2) is 8.42 Å². The van der Waals surface area contributed by atoms with Crippen LogP contribution in [-0.2, 0) is 9.84 Å². The van der Waals surface area contributed by atoms with E-state index < -0.39 is 14.6 Å². The van der Waals surface area contributed by atoms with Crippen molar-refractivity contribution in [2.45, 2.75) is 25.5 Å². The molecule has 7 heteroatoms. The molecular formula is C10H22IN3O2S. The Morgan fingerprint density at radius 2 is 1.94 bits per heavy atom. The number of nitrogens with two attached hydrogens (primary N) is 1. The van der Waals surface area contributed by atoms with Gasteiger partial charge in [0, 0.05) is 12.8 Å². The van der Waals surface area contributed by atoms with E-state index in [0.717, 1.165) is 5.57 Å². The van der Waals surface area contributed by atoms with Crippen molar-refractivity contribution in [1.29, 1.82) is 0 Å². The Morgan fingerprint density at radius 1 is 1.47 bits per heavy atom. The lowest BCUT2D eigenvalue weighted by molar-refractivity contribution is 0.555. The maximum Gasteiger partial charge on any atom is 0.188 e. The minimum Gasteiger partial charge on any atom is -0.370 e. The summed E-state index contributed by atoms with van der Waals surface area (Å²) in [6.45, 7) is 9.49. The van der Waals surface area contributed by atoms with Crippen molar-refractivity contribution < 1.29 is 8.42 Å². The fourth-order valence-electron chi connectivity index (χ4n) is 0.690. The minimum atomic E-state index is -3.14. The molecule has 17 heavy (non-hydrogen) atoms. The van der Waals surface area contributed by atoms with Crippen LogP contribution in [0.5, 0.6) is 0 Å². The van der Waals surface area contributed by atoms with Gasteiger partial charge < -0.3 is 11.1 Å². The zero-order chi connectivity index (χ0) is 13.0. The highest BCUT2D eigenvalue weighted by molar-refractivity contribution is 14.0. The minimum absolute atomic E-state index is 0. The van der Waals surface area contributed by atoms with E-state index in [1.807, 2.05) is 6.92 Å². The summed E-state index contributed by atoms with van der Waals surface area (Å²) < 4.78 is 21.9. The number of halogens is 1. The number of hydrogen-bond donors (Lipinski definition) is 2. The van der Waals surface area contributed by atoms with E-state index in [1.54, 1.807) is 13.8 Å². The fourth-order valence-corrected chi connectivity index (χ4v) is 0.989. The lowest BCUT2D eigenvalue weighted by Crippen LogP contribution is -2.38. The van der Waals surface area contributed by atoms with Crippen molar-refractivity contribution in [3.05, 3.63) is 12.2 Å². The third-order valence-electron chi connectivity index (χ3n) is 2.21. The zero-order valence-corrected chi connectivity index (χ0v) is 13.9. The molecule has 0 saturated carbocycles. The quantitative estimate of drug-likeness (QED) is 0.324. The highest BCUT2D eigenvalue weighted by atomic mass is 127. The summed E-state index contributed by atoms with van der Waals surface area (Å²) in [5.41, 5.74) is 6.51. The van der Waals surface area contributed by atoms with Crippen LogP contribution in [0.2, 0.25) is 0 Å². The summed E-state index contributed by atoms with van der Waals surface area (Å²) in [7, 11) is -3.14. The topological polar surface area (TPSA) is 84.5 Å². The molecule has 0 aromatic carbocycles.